The third-order valence-corrected chi connectivity index (χ3v) is 9.81. The van der Waals surface area contributed by atoms with E-state index in [2.05, 4.69) is 6.92 Å². The van der Waals surface area contributed by atoms with E-state index in [1.54, 1.807) is 30.0 Å². The van der Waals surface area contributed by atoms with Gasteiger partial charge in [0.05, 0.1) is 0 Å². The highest BCUT2D eigenvalue weighted by Crippen LogP contribution is 2.52. The topological polar surface area (TPSA) is 49.7 Å². The van der Waals surface area contributed by atoms with Gasteiger partial charge in [-0.1, -0.05) is 38.0 Å². The first-order valence-corrected chi connectivity index (χ1v) is 15.4. The van der Waals surface area contributed by atoms with Gasteiger partial charge in [0, 0.05) is 35.7 Å². The van der Waals surface area contributed by atoms with Crippen LogP contribution in [-0.2, 0) is 10.2 Å². The third-order valence-electron chi connectivity index (χ3n) is 7.25. The van der Waals surface area contributed by atoms with Crippen molar-refractivity contribution in [2.75, 3.05) is 30.5 Å². The molecular weight excluding hydrogens is 555 g/mol. The lowest BCUT2D eigenvalue weighted by Gasteiger charge is -2.43. The minimum atomic E-state index is -5.47. The summed E-state index contributed by atoms with van der Waals surface area (Å²) < 4.78 is 67.9. The highest BCUT2D eigenvalue weighted by atomic mass is 32.2. The molecule has 218 valence electrons. The zero-order valence-corrected chi connectivity index (χ0v) is 23.7. The number of aromatic hydroxyl groups is 2. The summed E-state index contributed by atoms with van der Waals surface area (Å²) in [5, 5.41) is 19.7. The molecule has 0 radical (unpaired) electrons. The maximum atomic E-state index is 12.9. The fourth-order valence-corrected chi connectivity index (χ4v) is 7.22. The molecule has 39 heavy (non-hydrogen) atoms. The van der Waals surface area contributed by atoms with Gasteiger partial charge in [-0.2, -0.15) is 33.7 Å². The van der Waals surface area contributed by atoms with Gasteiger partial charge in [-0.25, -0.2) is 0 Å². The minimum Gasteiger partial charge on any atom is -0.508 e. The van der Waals surface area contributed by atoms with Crippen LogP contribution in [0.1, 0.15) is 68.9 Å². The number of hydrogen-bond donors (Lipinski definition) is 2. The number of thioether (sulfide) groups is 2. The predicted molar refractivity (Wildman–Crippen MR) is 148 cm³/mol. The van der Waals surface area contributed by atoms with E-state index in [1.807, 2.05) is 24.3 Å². The standard InChI is InChI=1S/C29H37F5O3S2/c1-27(21-8-10-22(35)11-9-21)20-39-26-19-23(36)12-13-24(26)25(27)7-3-2-4-15-37-16-6-18-38-17-5-14-28(30,31)29(32,33)34/h8-13,19,25,35-36H,2-7,14-18,20H2,1H3. The molecule has 1 heterocycles. The zero-order valence-electron chi connectivity index (χ0n) is 22.1. The van der Waals surface area contributed by atoms with Gasteiger partial charge in [0.15, 0.2) is 0 Å². The van der Waals surface area contributed by atoms with Crippen LogP contribution in [0.2, 0.25) is 0 Å². The molecule has 0 saturated heterocycles. The summed E-state index contributed by atoms with van der Waals surface area (Å²) in [5.41, 5.74) is 2.32. The molecule has 0 amide bonds. The van der Waals surface area contributed by atoms with Crippen LogP contribution in [0.25, 0.3) is 0 Å². The van der Waals surface area contributed by atoms with E-state index in [1.165, 1.54) is 22.9 Å². The molecule has 2 aromatic carbocycles. The van der Waals surface area contributed by atoms with E-state index in [0.717, 1.165) is 42.8 Å². The molecule has 0 spiro atoms. The number of halogens is 5. The van der Waals surface area contributed by atoms with Crippen molar-refractivity contribution in [2.24, 2.45) is 0 Å². The number of alkyl halides is 5. The Bertz CT molecular complexity index is 1030. The fraction of sp³-hybridized carbons (Fsp3) is 0.586. The smallest absolute Gasteiger partial charge is 0.453 e. The second-order valence-corrected chi connectivity index (χ2v) is 12.5. The highest BCUT2D eigenvalue weighted by Gasteiger charge is 2.56. The highest BCUT2D eigenvalue weighted by molar-refractivity contribution is 7.99. The quantitative estimate of drug-likeness (QED) is 0.160. The van der Waals surface area contributed by atoms with Gasteiger partial charge in [0.1, 0.15) is 11.5 Å². The van der Waals surface area contributed by atoms with Crippen LogP contribution in [0.3, 0.4) is 0 Å². The van der Waals surface area contributed by atoms with Gasteiger partial charge in [-0.15, -0.1) is 11.8 Å². The number of benzene rings is 2. The maximum Gasteiger partial charge on any atom is 0.453 e. The summed E-state index contributed by atoms with van der Waals surface area (Å²) in [6.45, 7) is 3.44. The molecule has 1 aliphatic heterocycles. The lowest BCUT2D eigenvalue weighted by molar-refractivity contribution is -0.284. The van der Waals surface area contributed by atoms with Crippen LogP contribution >= 0.6 is 23.5 Å². The van der Waals surface area contributed by atoms with Crippen molar-refractivity contribution in [3.05, 3.63) is 53.6 Å². The number of unbranched alkanes of at least 4 members (excludes halogenated alkanes) is 2. The Morgan fingerprint density at radius 2 is 1.56 bits per heavy atom. The van der Waals surface area contributed by atoms with E-state index in [-0.39, 0.29) is 35.0 Å². The monoisotopic (exact) mass is 592 g/mol. The van der Waals surface area contributed by atoms with Gasteiger partial charge < -0.3 is 14.9 Å². The molecule has 0 bridgehead atoms. The number of phenolic OH excluding ortho intramolecular Hbond substituents is 2. The van der Waals surface area contributed by atoms with E-state index in [9.17, 15) is 32.2 Å². The third kappa shape index (κ3) is 8.92. The van der Waals surface area contributed by atoms with Crippen LogP contribution in [0.5, 0.6) is 11.5 Å². The van der Waals surface area contributed by atoms with Crippen molar-refractivity contribution >= 4 is 23.5 Å². The molecule has 0 fully saturated rings. The molecule has 0 aliphatic carbocycles. The first-order chi connectivity index (χ1) is 18.4. The molecule has 0 saturated carbocycles. The lowest BCUT2D eigenvalue weighted by atomic mass is 9.68. The molecule has 3 rings (SSSR count). The van der Waals surface area contributed by atoms with Crippen molar-refractivity contribution in [1.29, 1.82) is 0 Å². The van der Waals surface area contributed by atoms with Crippen LogP contribution in [0.15, 0.2) is 47.4 Å². The van der Waals surface area contributed by atoms with E-state index < -0.39 is 18.5 Å². The van der Waals surface area contributed by atoms with Gasteiger partial charge in [-0.3, -0.25) is 0 Å². The van der Waals surface area contributed by atoms with Crippen molar-refractivity contribution in [2.45, 2.75) is 80.2 Å². The second-order valence-electron chi connectivity index (χ2n) is 10.3. The molecule has 10 heteroatoms. The average Bonchev–Trinajstić information content (AvgIpc) is 2.87. The minimum absolute atomic E-state index is 0.112. The van der Waals surface area contributed by atoms with Crippen LogP contribution in [-0.4, -0.2) is 52.8 Å². The summed E-state index contributed by atoms with van der Waals surface area (Å²) in [6, 6.07) is 13.1. The Kier molecular flexibility index (Phi) is 11.7. The summed E-state index contributed by atoms with van der Waals surface area (Å²) in [5.74, 6) is -2.00. The number of ether oxygens (including phenoxy) is 1. The number of hydrogen-bond acceptors (Lipinski definition) is 5. The zero-order chi connectivity index (χ0) is 28.5. The average molecular weight is 593 g/mol. The van der Waals surface area contributed by atoms with Gasteiger partial charge in [0.2, 0.25) is 0 Å². The number of phenols is 2. The first-order valence-electron chi connectivity index (χ1n) is 13.3. The summed E-state index contributed by atoms with van der Waals surface area (Å²) in [6.07, 6.45) is -2.15. The van der Waals surface area contributed by atoms with Gasteiger partial charge >= 0.3 is 12.1 Å². The number of fused-ring (bicyclic) bond motifs is 1. The Morgan fingerprint density at radius 1 is 0.897 bits per heavy atom. The molecule has 2 N–H and O–H groups in total. The van der Waals surface area contributed by atoms with E-state index in [4.69, 9.17) is 4.74 Å². The largest absolute Gasteiger partial charge is 0.508 e. The molecular formula is C29H37F5O3S2. The summed E-state index contributed by atoms with van der Waals surface area (Å²) in [7, 11) is 0. The lowest BCUT2D eigenvalue weighted by Crippen LogP contribution is -2.36. The maximum absolute atomic E-state index is 12.9. The molecule has 0 aromatic heterocycles. The Morgan fingerprint density at radius 3 is 2.28 bits per heavy atom. The molecule has 2 atom stereocenters. The normalized spacial score (nSPS) is 19.7. The van der Waals surface area contributed by atoms with Crippen LogP contribution < -0.4 is 0 Å². The second kappa shape index (κ2) is 14.3. The Labute approximate surface area is 235 Å². The first kappa shape index (κ1) is 31.9. The van der Waals surface area contributed by atoms with Crippen molar-refractivity contribution in [3.63, 3.8) is 0 Å². The SMILES string of the molecule is CC1(c2ccc(O)cc2)CSc2cc(O)ccc2C1CCCCCOCCCSCCCC(F)(F)C(F)(F)F. The van der Waals surface area contributed by atoms with E-state index in [0.29, 0.717) is 19.0 Å². The van der Waals surface area contributed by atoms with E-state index >= 15 is 0 Å². The summed E-state index contributed by atoms with van der Waals surface area (Å²) in [4.78, 5) is 1.12. The molecule has 2 unspecified atom stereocenters. The van der Waals surface area contributed by atoms with Gasteiger partial charge in [-0.05, 0) is 78.5 Å². The molecule has 2 aromatic rings. The molecule has 1 aliphatic rings. The fourth-order valence-electron chi connectivity index (χ4n) is 4.94. The van der Waals surface area contributed by atoms with Crippen molar-refractivity contribution in [3.8, 4) is 11.5 Å². The van der Waals surface area contributed by atoms with Crippen molar-refractivity contribution in [1.82, 2.24) is 0 Å². The van der Waals surface area contributed by atoms with Crippen LogP contribution in [0.4, 0.5) is 22.0 Å². The summed E-state index contributed by atoms with van der Waals surface area (Å²) >= 11 is 3.13. The predicted octanol–water partition coefficient (Wildman–Crippen LogP) is 8.92. The van der Waals surface area contributed by atoms with Gasteiger partial charge in [0.25, 0.3) is 0 Å². The van der Waals surface area contributed by atoms with Crippen LogP contribution in [0, 0.1) is 0 Å². The Balaban J connectivity index is 1.36. The number of rotatable bonds is 15. The Hall–Kier alpha value is -1.65. The van der Waals surface area contributed by atoms with Crippen molar-refractivity contribution < 1.29 is 36.9 Å². The molecule has 3 nitrogen and oxygen atoms in total.